The molecule has 0 aliphatic rings. The van der Waals surface area contributed by atoms with Gasteiger partial charge >= 0.3 is 0 Å². The first kappa shape index (κ1) is 17.2. The summed E-state index contributed by atoms with van der Waals surface area (Å²) in [4.78, 5) is 0. The van der Waals surface area contributed by atoms with Crippen LogP contribution < -0.4 is 4.74 Å². The SMILES string of the molecule is C=CCn1c(SCCOc2ccccc2)nnc1-c1cccc(F)c1. The number of halogens is 1. The fourth-order valence-electron chi connectivity index (χ4n) is 2.34. The Balaban J connectivity index is 1.68. The van der Waals surface area contributed by atoms with E-state index in [2.05, 4.69) is 16.8 Å². The summed E-state index contributed by atoms with van der Waals surface area (Å²) in [5.41, 5.74) is 0.696. The molecular formula is C19H18FN3OS. The van der Waals surface area contributed by atoms with Crippen molar-refractivity contribution in [1.29, 1.82) is 0 Å². The molecule has 6 heteroatoms. The zero-order chi connectivity index (χ0) is 17.5. The number of benzene rings is 2. The predicted molar refractivity (Wildman–Crippen MR) is 98.3 cm³/mol. The van der Waals surface area contributed by atoms with Crippen LogP contribution in [0.1, 0.15) is 0 Å². The molecule has 0 radical (unpaired) electrons. The van der Waals surface area contributed by atoms with Gasteiger partial charge in [-0.3, -0.25) is 4.57 Å². The highest BCUT2D eigenvalue weighted by molar-refractivity contribution is 7.99. The van der Waals surface area contributed by atoms with E-state index in [4.69, 9.17) is 4.74 Å². The molecule has 1 aromatic heterocycles. The number of thioether (sulfide) groups is 1. The Bertz CT molecular complexity index is 836. The molecule has 0 unspecified atom stereocenters. The molecule has 0 saturated heterocycles. The Morgan fingerprint density at radius 1 is 1.12 bits per heavy atom. The molecule has 3 rings (SSSR count). The second-order valence-electron chi connectivity index (χ2n) is 5.23. The van der Waals surface area contributed by atoms with Crippen molar-refractivity contribution in [3.63, 3.8) is 0 Å². The highest BCUT2D eigenvalue weighted by atomic mass is 32.2. The summed E-state index contributed by atoms with van der Waals surface area (Å²) in [6.07, 6.45) is 1.77. The lowest BCUT2D eigenvalue weighted by molar-refractivity contribution is 0.344. The smallest absolute Gasteiger partial charge is 0.191 e. The van der Waals surface area contributed by atoms with Gasteiger partial charge in [0.15, 0.2) is 11.0 Å². The van der Waals surface area contributed by atoms with E-state index in [1.165, 1.54) is 12.1 Å². The van der Waals surface area contributed by atoms with Crippen molar-refractivity contribution in [3.8, 4) is 17.1 Å². The first-order valence-corrected chi connectivity index (χ1v) is 8.87. The molecule has 4 nitrogen and oxygen atoms in total. The van der Waals surface area contributed by atoms with Crippen molar-refractivity contribution in [2.75, 3.05) is 12.4 Å². The molecule has 0 N–H and O–H groups in total. The Labute approximate surface area is 150 Å². The van der Waals surface area contributed by atoms with E-state index in [0.29, 0.717) is 24.5 Å². The molecular weight excluding hydrogens is 337 g/mol. The summed E-state index contributed by atoms with van der Waals surface area (Å²) in [7, 11) is 0. The van der Waals surface area contributed by atoms with Crippen LogP contribution in [0, 0.1) is 5.82 Å². The highest BCUT2D eigenvalue weighted by Crippen LogP contribution is 2.24. The lowest BCUT2D eigenvalue weighted by Gasteiger charge is -2.08. The van der Waals surface area contributed by atoms with Crippen molar-refractivity contribution in [3.05, 3.63) is 73.1 Å². The fraction of sp³-hybridized carbons (Fsp3) is 0.158. The van der Waals surface area contributed by atoms with E-state index >= 15 is 0 Å². The maximum atomic E-state index is 13.5. The van der Waals surface area contributed by atoms with E-state index in [-0.39, 0.29) is 5.82 Å². The van der Waals surface area contributed by atoms with E-state index in [1.807, 2.05) is 41.0 Å². The van der Waals surface area contributed by atoms with Crippen LogP contribution >= 0.6 is 11.8 Å². The standard InChI is InChI=1S/C19H18FN3OS/c1-2-11-23-18(15-7-6-8-16(20)14-15)21-22-19(23)25-13-12-24-17-9-4-3-5-10-17/h2-10,14H,1,11-13H2. The van der Waals surface area contributed by atoms with Gasteiger partial charge in [-0.1, -0.05) is 48.2 Å². The van der Waals surface area contributed by atoms with Crippen molar-refractivity contribution >= 4 is 11.8 Å². The van der Waals surface area contributed by atoms with Gasteiger partial charge in [0.1, 0.15) is 11.6 Å². The molecule has 1 heterocycles. The number of ether oxygens (including phenoxy) is 1. The summed E-state index contributed by atoms with van der Waals surface area (Å²) in [6.45, 7) is 4.90. The quantitative estimate of drug-likeness (QED) is 0.340. The van der Waals surface area contributed by atoms with Gasteiger partial charge in [0, 0.05) is 17.9 Å². The summed E-state index contributed by atoms with van der Waals surface area (Å²) in [5, 5.41) is 9.22. The lowest BCUT2D eigenvalue weighted by Crippen LogP contribution is -2.04. The average molecular weight is 355 g/mol. The van der Waals surface area contributed by atoms with Crippen LogP contribution in [-0.4, -0.2) is 27.1 Å². The summed E-state index contributed by atoms with van der Waals surface area (Å²) in [5.74, 6) is 1.91. The minimum Gasteiger partial charge on any atom is -0.493 e. The normalized spacial score (nSPS) is 10.6. The van der Waals surface area contributed by atoms with Crippen molar-refractivity contribution in [1.82, 2.24) is 14.8 Å². The minimum atomic E-state index is -0.295. The molecule has 0 spiro atoms. The molecule has 0 bridgehead atoms. The minimum absolute atomic E-state index is 0.295. The zero-order valence-corrected chi connectivity index (χ0v) is 14.5. The zero-order valence-electron chi connectivity index (χ0n) is 13.6. The number of hydrogen-bond acceptors (Lipinski definition) is 4. The molecule has 25 heavy (non-hydrogen) atoms. The molecule has 128 valence electrons. The van der Waals surface area contributed by atoms with Crippen molar-refractivity contribution in [2.24, 2.45) is 0 Å². The first-order valence-electron chi connectivity index (χ1n) is 7.88. The second-order valence-corrected chi connectivity index (χ2v) is 6.29. The highest BCUT2D eigenvalue weighted by Gasteiger charge is 2.14. The molecule has 0 aliphatic heterocycles. The van der Waals surface area contributed by atoms with Gasteiger partial charge < -0.3 is 4.74 Å². The van der Waals surface area contributed by atoms with Crippen LogP contribution in [-0.2, 0) is 6.54 Å². The summed E-state index contributed by atoms with van der Waals surface area (Å²) < 4.78 is 21.1. The predicted octanol–water partition coefficient (Wildman–Crippen LogP) is 4.44. The molecule has 0 atom stereocenters. The van der Waals surface area contributed by atoms with E-state index in [0.717, 1.165) is 16.7 Å². The van der Waals surface area contributed by atoms with Crippen LogP contribution in [0.5, 0.6) is 5.75 Å². The molecule has 0 aliphatic carbocycles. The maximum Gasteiger partial charge on any atom is 0.191 e. The van der Waals surface area contributed by atoms with Gasteiger partial charge in [-0.15, -0.1) is 16.8 Å². The number of aromatic nitrogens is 3. The molecule has 0 fully saturated rings. The Morgan fingerprint density at radius 3 is 2.72 bits per heavy atom. The second kappa shape index (κ2) is 8.48. The van der Waals surface area contributed by atoms with Crippen LogP contribution in [0.4, 0.5) is 4.39 Å². The number of allylic oxidation sites excluding steroid dienone is 1. The molecule has 0 amide bonds. The van der Waals surface area contributed by atoms with Gasteiger partial charge in [0.05, 0.1) is 6.61 Å². The van der Waals surface area contributed by atoms with Gasteiger partial charge in [0.2, 0.25) is 0 Å². The van der Waals surface area contributed by atoms with Gasteiger partial charge in [-0.05, 0) is 24.3 Å². The maximum absolute atomic E-state index is 13.5. The number of nitrogens with zero attached hydrogens (tertiary/aromatic N) is 3. The summed E-state index contributed by atoms with van der Waals surface area (Å²) >= 11 is 1.55. The number of rotatable bonds is 8. The molecule has 3 aromatic rings. The van der Waals surface area contributed by atoms with Gasteiger partial charge in [-0.25, -0.2) is 4.39 Å². The molecule has 0 saturated carbocycles. The number of hydrogen-bond donors (Lipinski definition) is 0. The van der Waals surface area contributed by atoms with Crippen LogP contribution in [0.15, 0.2) is 72.4 Å². The van der Waals surface area contributed by atoms with E-state index < -0.39 is 0 Å². The number of para-hydroxylation sites is 1. The first-order chi connectivity index (χ1) is 12.3. The van der Waals surface area contributed by atoms with Crippen LogP contribution in [0.3, 0.4) is 0 Å². The topological polar surface area (TPSA) is 39.9 Å². The van der Waals surface area contributed by atoms with Gasteiger partial charge in [-0.2, -0.15) is 0 Å². The summed E-state index contributed by atoms with van der Waals surface area (Å²) in [6, 6.07) is 16.0. The Morgan fingerprint density at radius 2 is 1.96 bits per heavy atom. The fourth-order valence-corrected chi connectivity index (χ4v) is 3.10. The Kier molecular flexibility index (Phi) is 5.85. The Hall–Kier alpha value is -2.60. The third kappa shape index (κ3) is 4.48. The van der Waals surface area contributed by atoms with Gasteiger partial charge in [0.25, 0.3) is 0 Å². The molecule has 2 aromatic carbocycles. The van der Waals surface area contributed by atoms with Crippen molar-refractivity contribution in [2.45, 2.75) is 11.7 Å². The van der Waals surface area contributed by atoms with Crippen LogP contribution in [0.25, 0.3) is 11.4 Å². The largest absolute Gasteiger partial charge is 0.493 e. The lowest BCUT2D eigenvalue weighted by atomic mass is 10.2. The third-order valence-corrected chi connectivity index (χ3v) is 4.37. The van der Waals surface area contributed by atoms with Crippen molar-refractivity contribution < 1.29 is 9.13 Å². The third-order valence-electron chi connectivity index (χ3n) is 3.44. The van der Waals surface area contributed by atoms with E-state index in [1.54, 1.807) is 23.9 Å². The van der Waals surface area contributed by atoms with E-state index in [9.17, 15) is 4.39 Å². The monoisotopic (exact) mass is 355 g/mol. The average Bonchev–Trinajstić information content (AvgIpc) is 3.03. The van der Waals surface area contributed by atoms with Crippen LogP contribution in [0.2, 0.25) is 0 Å².